The number of rotatable bonds is 6. The molecule has 1 unspecified atom stereocenters. The Bertz CT molecular complexity index is 325. The first-order chi connectivity index (χ1) is 7.99. The quantitative estimate of drug-likeness (QED) is 0.725. The lowest BCUT2D eigenvalue weighted by molar-refractivity contribution is 0.0914. The van der Waals surface area contributed by atoms with Crippen LogP contribution in [0.1, 0.15) is 30.9 Å². The number of aromatic amines is 1. The Morgan fingerprint density at radius 2 is 2.18 bits per heavy atom. The Morgan fingerprint density at radius 1 is 1.47 bits per heavy atom. The van der Waals surface area contributed by atoms with Gasteiger partial charge in [0, 0.05) is 12.6 Å². The van der Waals surface area contributed by atoms with Gasteiger partial charge in [0.2, 0.25) is 0 Å². The number of hydrogen-bond donors (Lipinski definition) is 2. The minimum Gasteiger partial charge on any atom is -0.345 e. The molecule has 0 fully saturated rings. The van der Waals surface area contributed by atoms with Crippen molar-refractivity contribution < 1.29 is 4.79 Å². The highest BCUT2D eigenvalue weighted by Crippen LogP contribution is 2.06. The van der Waals surface area contributed by atoms with Gasteiger partial charge in [-0.3, -0.25) is 4.79 Å². The van der Waals surface area contributed by atoms with Crippen LogP contribution in [0.15, 0.2) is 0 Å². The molecule has 0 aromatic carbocycles. The molecular formula is C10H20N6O. The molecule has 1 aromatic heterocycles. The van der Waals surface area contributed by atoms with Crippen molar-refractivity contribution in [1.29, 1.82) is 0 Å². The number of carbonyl (C=O) groups is 1. The van der Waals surface area contributed by atoms with Crippen molar-refractivity contribution in [2.75, 3.05) is 20.6 Å². The molecule has 0 saturated carbocycles. The smallest absolute Gasteiger partial charge is 0.293 e. The number of hydrogen-bond acceptors (Lipinski definition) is 5. The van der Waals surface area contributed by atoms with E-state index in [4.69, 9.17) is 0 Å². The molecule has 0 aliphatic rings. The third-order valence-corrected chi connectivity index (χ3v) is 2.23. The van der Waals surface area contributed by atoms with Crippen molar-refractivity contribution in [3.63, 3.8) is 0 Å². The average Bonchev–Trinajstić information content (AvgIpc) is 2.67. The highest BCUT2D eigenvalue weighted by molar-refractivity contribution is 5.90. The van der Waals surface area contributed by atoms with E-state index >= 15 is 0 Å². The van der Waals surface area contributed by atoms with Gasteiger partial charge in [-0.15, -0.1) is 10.2 Å². The van der Waals surface area contributed by atoms with Crippen LogP contribution < -0.4 is 5.32 Å². The topological polar surface area (TPSA) is 86.8 Å². The van der Waals surface area contributed by atoms with Crippen LogP contribution in [0.4, 0.5) is 0 Å². The number of nitrogens with one attached hydrogen (secondary N) is 2. The Morgan fingerprint density at radius 3 is 2.65 bits per heavy atom. The standard InChI is InChI=1S/C10H20N6O/c1-7(2)5-8(6-16(3)4)11-10(17)9-12-14-15-13-9/h7-8H,5-6H2,1-4H3,(H,11,17)(H,12,13,14,15). The zero-order valence-electron chi connectivity index (χ0n) is 10.8. The van der Waals surface area contributed by atoms with E-state index < -0.39 is 0 Å². The van der Waals surface area contributed by atoms with Crippen molar-refractivity contribution in [2.45, 2.75) is 26.3 Å². The summed E-state index contributed by atoms with van der Waals surface area (Å²) in [4.78, 5) is 13.8. The van der Waals surface area contributed by atoms with Crippen molar-refractivity contribution in [1.82, 2.24) is 30.8 Å². The maximum Gasteiger partial charge on any atom is 0.293 e. The average molecular weight is 240 g/mol. The Labute approximate surface area is 101 Å². The number of nitrogens with zero attached hydrogens (tertiary/aromatic N) is 4. The zero-order valence-corrected chi connectivity index (χ0v) is 10.8. The van der Waals surface area contributed by atoms with Gasteiger partial charge >= 0.3 is 0 Å². The van der Waals surface area contributed by atoms with Crippen molar-refractivity contribution in [2.24, 2.45) is 5.92 Å². The summed E-state index contributed by atoms with van der Waals surface area (Å²) in [5, 5.41) is 15.9. The molecule has 0 bridgehead atoms. The molecular weight excluding hydrogens is 220 g/mol. The molecule has 1 aromatic rings. The number of amides is 1. The fourth-order valence-electron chi connectivity index (χ4n) is 1.70. The zero-order chi connectivity index (χ0) is 12.8. The summed E-state index contributed by atoms with van der Waals surface area (Å²) < 4.78 is 0. The minimum absolute atomic E-state index is 0.0810. The predicted molar refractivity (Wildman–Crippen MR) is 63.4 cm³/mol. The van der Waals surface area contributed by atoms with Crippen LogP contribution in [0.25, 0.3) is 0 Å². The van der Waals surface area contributed by atoms with Gasteiger partial charge in [-0.25, -0.2) is 0 Å². The maximum absolute atomic E-state index is 11.8. The molecule has 1 heterocycles. The molecule has 0 saturated heterocycles. The summed E-state index contributed by atoms with van der Waals surface area (Å²) in [7, 11) is 3.96. The van der Waals surface area contributed by atoms with Crippen LogP contribution in [0.5, 0.6) is 0 Å². The second-order valence-electron chi connectivity index (χ2n) is 4.80. The molecule has 0 spiro atoms. The highest BCUT2D eigenvalue weighted by atomic mass is 16.2. The number of H-pyrrole nitrogens is 1. The van der Waals surface area contributed by atoms with Gasteiger partial charge in [0.1, 0.15) is 0 Å². The molecule has 1 rings (SSSR count). The fourth-order valence-corrected chi connectivity index (χ4v) is 1.70. The molecule has 0 aliphatic heterocycles. The van der Waals surface area contributed by atoms with Crippen LogP contribution >= 0.6 is 0 Å². The van der Waals surface area contributed by atoms with Gasteiger partial charge in [-0.2, -0.15) is 5.21 Å². The normalized spacial score (nSPS) is 13.1. The van der Waals surface area contributed by atoms with E-state index in [1.807, 2.05) is 19.0 Å². The number of tetrazole rings is 1. The molecule has 96 valence electrons. The van der Waals surface area contributed by atoms with Crippen molar-refractivity contribution in [3.8, 4) is 0 Å². The first-order valence-electron chi connectivity index (χ1n) is 5.68. The van der Waals surface area contributed by atoms with Gasteiger partial charge in [0.25, 0.3) is 11.7 Å². The van der Waals surface area contributed by atoms with Crippen molar-refractivity contribution in [3.05, 3.63) is 5.82 Å². The second-order valence-corrected chi connectivity index (χ2v) is 4.80. The molecule has 7 nitrogen and oxygen atoms in total. The third kappa shape index (κ3) is 4.90. The van der Waals surface area contributed by atoms with Gasteiger partial charge in [-0.1, -0.05) is 13.8 Å². The van der Waals surface area contributed by atoms with Gasteiger partial charge in [0.15, 0.2) is 0 Å². The maximum atomic E-state index is 11.8. The van der Waals surface area contributed by atoms with E-state index in [0.717, 1.165) is 13.0 Å². The van der Waals surface area contributed by atoms with Gasteiger partial charge in [0.05, 0.1) is 0 Å². The summed E-state index contributed by atoms with van der Waals surface area (Å²) in [6, 6.07) is 0.0935. The molecule has 7 heteroatoms. The van der Waals surface area contributed by atoms with Crippen LogP contribution in [0.3, 0.4) is 0 Å². The molecule has 1 amide bonds. The summed E-state index contributed by atoms with van der Waals surface area (Å²) in [5.74, 6) is 0.314. The van der Waals surface area contributed by atoms with Crippen molar-refractivity contribution >= 4 is 5.91 Å². The fraction of sp³-hybridized carbons (Fsp3) is 0.800. The van der Waals surface area contributed by atoms with E-state index in [1.54, 1.807) is 0 Å². The summed E-state index contributed by atoms with van der Waals surface area (Å²) in [6.45, 7) is 5.05. The summed E-state index contributed by atoms with van der Waals surface area (Å²) in [6.07, 6.45) is 0.918. The SMILES string of the molecule is CC(C)CC(CN(C)C)NC(=O)c1nn[nH]n1. The van der Waals surface area contributed by atoms with Crippen LogP contribution in [0, 0.1) is 5.92 Å². The molecule has 17 heavy (non-hydrogen) atoms. The summed E-state index contributed by atoms with van der Waals surface area (Å²) in [5.41, 5.74) is 0. The molecule has 0 radical (unpaired) electrons. The minimum atomic E-state index is -0.286. The number of aromatic nitrogens is 4. The Hall–Kier alpha value is -1.50. The van der Waals surface area contributed by atoms with E-state index in [2.05, 4.69) is 39.8 Å². The van der Waals surface area contributed by atoms with Gasteiger partial charge in [-0.05, 0) is 31.6 Å². The highest BCUT2D eigenvalue weighted by Gasteiger charge is 2.18. The van der Waals surface area contributed by atoms with Crippen LogP contribution in [-0.2, 0) is 0 Å². The van der Waals surface area contributed by atoms with E-state index in [0.29, 0.717) is 5.92 Å². The van der Waals surface area contributed by atoms with Crippen LogP contribution in [0.2, 0.25) is 0 Å². The van der Waals surface area contributed by atoms with Gasteiger partial charge < -0.3 is 10.2 Å². The number of likely N-dealkylation sites (N-methyl/N-ethyl adjacent to an activating group) is 1. The van der Waals surface area contributed by atoms with Crippen LogP contribution in [-0.4, -0.2) is 58.1 Å². The second kappa shape index (κ2) is 6.29. The molecule has 1 atom stereocenters. The first kappa shape index (κ1) is 13.6. The Kier molecular flexibility index (Phi) is 5.02. The number of carbonyl (C=O) groups excluding carboxylic acids is 1. The van der Waals surface area contributed by atoms with E-state index in [-0.39, 0.29) is 17.8 Å². The largest absolute Gasteiger partial charge is 0.345 e. The molecule has 0 aliphatic carbocycles. The monoisotopic (exact) mass is 240 g/mol. The lowest BCUT2D eigenvalue weighted by Crippen LogP contribution is -2.42. The Balaban J connectivity index is 2.56. The lowest BCUT2D eigenvalue weighted by Gasteiger charge is -2.23. The van der Waals surface area contributed by atoms with E-state index in [9.17, 15) is 4.79 Å². The molecule has 2 N–H and O–H groups in total. The summed E-state index contributed by atoms with van der Waals surface area (Å²) >= 11 is 0. The van der Waals surface area contributed by atoms with E-state index in [1.165, 1.54) is 0 Å². The predicted octanol–water partition coefficient (Wildman–Crippen LogP) is -0.0942. The first-order valence-corrected chi connectivity index (χ1v) is 5.68. The third-order valence-electron chi connectivity index (χ3n) is 2.23. The lowest BCUT2D eigenvalue weighted by atomic mass is 10.0.